The molecule has 0 spiro atoms. The van der Waals surface area contributed by atoms with E-state index in [0.717, 1.165) is 0 Å². The van der Waals surface area contributed by atoms with Crippen LogP contribution in [0.2, 0.25) is 0 Å². The molecule has 0 atom stereocenters. The van der Waals surface area contributed by atoms with Gasteiger partial charge in [0.1, 0.15) is 22.9 Å². The van der Waals surface area contributed by atoms with Crippen molar-refractivity contribution in [2.75, 3.05) is 0 Å². The fraction of sp³-hybridized carbons (Fsp3) is 0. The molecule has 0 bridgehead atoms. The van der Waals surface area contributed by atoms with Gasteiger partial charge in [-0.2, -0.15) is 0 Å². The van der Waals surface area contributed by atoms with E-state index >= 15 is 0 Å². The van der Waals surface area contributed by atoms with Gasteiger partial charge in [0.15, 0.2) is 0 Å². The molecule has 1 amide bonds. The third-order valence-corrected chi connectivity index (χ3v) is 2.91. The molecule has 0 saturated carbocycles. The minimum atomic E-state index is -0.838. The van der Waals surface area contributed by atoms with Crippen molar-refractivity contribution in [2.45, 2.75) is 0 Å². The van der Waals surface area contributed by atoms with Crippen LogP contribution in [-0.2, 0) is 4.79 Å². The van der Waals surface area contributed by atoms with Crippen LogP contribution in [0.3, 0.4) is 0 Å². The van der Waals surface area contributed by atoms with Crippen molar-refractivity contribution in [3.63, 3.8) is 0 Å². The second kappa shape index (κ2) is 6.45. The molecule has 0 unspecified atom stereocenters. The molecule has 2 aromatic rings. The summed E-state index contributed by atoms with van der Waals surface area (Å²) >= 11 is 0. The number of rotatable bonds is 5. The van der Waals surface area contributed by atoms with Crippen LogP contribution in [0.1, 0.15) is 5.56 Å². The molecule has 0 aliphatic rings. The van der Waals surface area contributed by atoms with Crippen LogP contribution in [0, 0.1) is 5.41 Å². The van der Waals surface area contributed by atoms with Crippen molar-refractivity contribution < 1.29 is 9.53 Å². The Balaban J connectivity index is 2.20. The van der Waals surface area contributed by atoms with E-state index in [1.54, 1.807) is 24.3 Å². The van der Waals surface area contributed by atoms with Gasteiger partial charge in [-0.1, -0.05) is 18.2 Å². The van der Waals surface area contributed by atoms with Crippen LogP contribution in [0.4, 0.5) is 0 Å². The van der Waals surface area contributed by atoms with Crippen molar-refractivity contribution >= 4 is 11.6 Å². The number of nitrogens with one attached hydrogen (secondary N) is 1. The number of amides is 1. The average Bonchev–Trinajstić information content (AvgIpc) is 2.48. The zero-order valence-corrected chi connectivity index (χ0v) is 11.7. The van der Waals surface area contributed by atoms with Gasteiger partial charge >= 0.3 is 0 Å². The van der Waals surface area contributed by atoms with Gasteiger partial charge in [-0.25, -0.2) is 0 Å². The number of ether oxygens (including phenoxy) is 1. The molecule has 0 heterocycles. The Kier molecular flexibility index (Phi) is 4.43. The standard InChI is InChI=1S/C16H16N4O2/c17-14(13(15(18)19)16(20)21)10-6-8-12(9-7-10)22-11-4-2-1-3-5-11/h1-9,17H,18-19H2,(H2,20,21). The highest BCUT2D eigenvalue weighted by molar-refractivity contribution is 6.26. The quantitative estimate of drug-likeness (QED) is 0.491. The van der Waals surface area contributed by atoms with Crippen LogP contribution in [0.5, 0.6) is 11.5 Å². The lowest BCUT2D eigenvalue weighted by molar-refractivity contribution is -0.114. The Morgan fingerprint density at radius 2 is 1.41 bits per heavy atom. The number of hydrogen-bond donors (Lipinski definition) is 4. The van der Waals surface area contributed by atoms with Crippen LogP contribution in [-0.4, -0.2) is 11.6 Å². The summed E-state index contributed by atoms with van der Waals surface area (Å²) in [5, 5.41) is 7.98. The van der Waals surface area contributed by atoms with E-state index in [4.69, 9.17) is 27.3 Å². The zero-order chi connectivity index (χ0) is 16.1. The zero-order valence-electron chi connectivity index (χ0n) is 11.7. The second-order valence-electron chi connectivity index (χ2n) is 4.51. The predicted molar refractivity (Wildman–Crippen MR) is 84.4 cm³/mol. The van der Waals surface area contributed by atoms with E-state index in [0.29, 0.717) is 17.1 Å². The number of primary amides is 1. The van der Waals surface area contributed by atoms with Gasteiger partial charge in [-0.05, 0) is 36.4 Å². The van der Waals surface area contributed by atoms with Crippen molar-refractivity contribution in [1.29, 1.82) is 5.41 Å². The maximum atomic E-state index is 11.3. The number of nitrogens with two attached hydrogens (primary N) is 3. The molecule has 2 rings (SSSR count). The summed E-state index contributed by atoms with van der Waals surface area (Å²) in [4.78, 5) is 11.3. The van der Waals surface area contributed by atoms with Crippen molar-refractivity contribution in [3.05, 3.63) is 71.6 Å². The Morgan fingerprint density at radius 1 is 0.864 bits per heavy atom. The van der Waals surface area contributed by atoms with Gasteiger partial charge in [0.05, 0.1) is 5.71 Å². The normalized spacial score (nSPS) is 9.82. The van der Waals surface area contributed by atoms with Crippen molar-refractivity contribution in [1.82, 2.24) is 0 Å². The predicted octanol–water partition coefficient (Wildman–Crippen LogP) is 1.46. The number of carbonyl (C=O) groups is 1. The molecule has 0 fully saturated rings. The van der Waals surface area contributed by atoms with E-state index in [1.807, 2.05) is 30.3 Å². The minimum Gasteiger partial charge on any atom is -0.457 e. The molecular weight excluding hydrogens is 280 g/mol. The molecular formula is C16H16N4O2. The van der Waals surface area contributed by atoms with Crippen molar-refractivity contribution in [3.8, 4) is 11.5 Å². The highest BCUT2D eigenvalue weighted by Gasteiger charge is 2.16. The lowest BCUT2D eigenvalue weighted by Crippen LogP contribution is -2.28. The van der Waals surface area contributed by atoms with Gasteiger partial charge in [0, 0.05) is 5.56 Å². The van der Waals surface area contributed by atoms with Gasteiger partial charge in [0.2, 0.25) is 0 Å². The van der Waals surface area contributed by atoms with E-state index in [1.165, 1.54) is 0 Å². The number of para-hydroxylation sites is 1. The summed E-state index contributed by atoms with van der Waals surface area (Å²) in [6, 6.07) is 15.9. The first-order chi connectivity index (χ1) is 10.5. The fourth-order valence-electron chi connectivity index (χ4n) is 1.87. The smallest absolute Gasteiger partial charge is 0.254 e. The first kappa shape index (κ1) is 15.1. The van der Waals surface area contributed by atoms with E-state index in [9.17, 15) is 4.79 Å². The summed E-state index contributed by atoms with van der Waals surface area (Å²) in [5.41, 5.74) is 16.1. The largest absolute Gasteiger partial charge is 0.457 e. The SMILES string of the molecule is N=C(C(C(N)=O)=C(N)N)c1ccc(Oc2ccccc2)cc1. The first-order valence-electron chi connectivity index (χ1n) is 6.46. The Labute approximate surface area is 127 Å². The first-order valence-corrected chi connectivity index (χ1v) is 6.46. The summed E-state index contributed by atoms with van der Waals surface area (Å²) in [6.45, 7) is 0. The number of hydrogen-bond acceptors (Lipinski definition) is 5. The Bertz CT molecular complexity index is 718. The molecule has 0 saturated heterocycles. The van der Waals surface area contributed by atoms with Crippen LogP contribution < -0.4 is 21.9 Å². The van der Waals surface area contributed by atoms with Gasteiger partial charge in [0.25, 0.3) is 5.91 Å². The van der Waals surface area contributed by atoms with Crippen molar-refractivity contribution in [2.24, 2.45) is 17.2 Å². The third-order valence-electron chi connectivity index (χ3n) is 2.91. The fourth-order valence-corrected chi connectivity index (χ4v) is 1.87. The average molecular weight is 296 g/mol. The molecule has 7 N–H and O–H groups in total. The molecule has 22 heavy (non-hydrogen) atoms. The van der Waals surface area contributed by atoms with Gasteiger partial charge in [-0.15, -0.1) is 0 Å². The lowest BCUT2D eigenvalue weighted by atomic mass is 10.0. The van der Waals surface area contributed by atoms with E-state index in [-0.39, 0.29) is 17.1 Å². The van der Waals surface area contributed by atoms with Crippen LogP contribution in [0.25, 0.3) is 0 Å². The second-order valence-corrected chi connectivity index (χ2v) is 4.51. The molecule has 0 aliphatic carbocycles. The number of carbonyl (C=O) groups excluding carboxylic acids is 1. The summed E-state index contributed by atoms with van der Waals surface area (Å²) in [5.74, 6) is 0.194. The number of benzene rings is 2. The van der Waals surface area contributed by atoms with Crippen LogP contribution >= 0.6 is 0 Å². The van der Waals surface area contributed by atoms with Gasteiger partial charge in [-0.3, -0.25) is 10.2 Å². The minimum absolute atomic E-state index is 0.126. The maximum absolute atomic E-state index is 11.3. The molecule has 112 valence electrons. The summed E-state index contributed by atoms with van der Waals surface area (Å²) in [7, 11) is 0. The highest BCUT2D eigenvalue weighted by Crippen LogP contribution is 2.22. The topological polar surface area (TPSA) is 128 Å². The maximum Gasteiger partial charge on any atom is 0.254 e. The molecule has 0 radical (unpaired) electrons. The molecule has 0 aliphatic heterocycles. The molecule has 0 aromatic heterocycles. The van der Waals surface area contributed by atoms with Gasteiger partial charge < -0.3 is 21.9 Å². The Hall–Kier alpha value is -3.28. The monoisotopic (exact) mass is 296 g/mol. The molecule has 6 nitrogen and oxygen atoms in total. The highest BCUT2D eigenvalue weighted by atomic mass is 16.5. The molecule has 6 heteroatoms. The van der Waals surface area contributed by atoms with E-state index < -0.39 is 5.91 Å². The third kappa shape index (κ3) is 3.43. The van der Waals surface area contributed by atoms with Crippen LogP contribution in [0.15, 0.2) is 66.0 Å². The van der Waals surface area contributed by atoms with E-state index in [2.05, 4.69) is 0 Å². The molecule has 2 aromatic carbocycles. The summed E-state index contributed by atoms with van der Waals surface area (Å²) < 4.78 is 5.64. The summed E-state index contributed by atoms with van der Waals surface area (Å²) in [6.07, 6.45) is 0. The lowest BCUT2D eigenvalue weighted by Gasteiger charge is -2.09. The Morgan fingerprint density at radius 3 is 1.91 bits per heavy atom.